The maximum atomic E-state index is 5.67. The molecule has 1 fully saturated rings. The number of anilines is 1. The van der Waals surface area contributed by atoms with E-state index in [1.807, 2.05) is 0 Å². The molecule has 0 amide bonds. The van der Waals surface area contributed by atoms with Gasteiger partial charge in [0, 0.05) is 19.3 Å². The van der Waals surface area contributed by atoms with Crippen LogP contribution >= 0.6 is 11.6 Å². The van der Waals surface area contributed by atoms with Crippen molar-refractivity contribution < 1.29 is 4.74 Å². The number of nitrogens with one attached hydrogen (secondary N) is 1. The molecule has 0 spiro atoms. The predicted octanol–water partition coefficient (Wildman–Crippen LogP) is 2.11. The highest BCUT2D eigenvalue weighted by Gasteiger charge is 2.13. The van der Waals surface area contributed by atoms with Crippen molar-refractivity contribution in [2.24, 2.45) is 0 Å². The van der Waals surface area contributed by atoms with E-state index in [0.717, 1.165) is 25.4 Å². The Labute approximate surface area is 94.0 Å². The number of nitrogens with zero attached hydrogens (tertiary/aromatic N) is 2. The molecule has 1 unspecified atom stereocenters. The molecule has 5 heteroatoms. The summed E-state index contributed by atoms with van der Waals surface area (Å²) in [6.07, 6.45) is 5.48. The Morgan fingerprint density at radius 1 is 1.53 bits per heavy atom. The maximum Gasteiger partial charge on any atom is 0.224 e. The first-order valence-corrected chi connectivity index (χ1v) is 5.56. The van der Waals surface area contributed by atoms with Crippen molar-refractivity contribution in [1.82, 2.24) is 9.97 Å². The van der Waals surface area contributed by atoms with Gasteiger partial charge < -0.3 is 10.1 Å². The Morgan fingerprint density at radius 3 is 3.20 bits per heavy atom. The van der Waals surface area contributed by atoms with E-state index in [1.54, 1.807) is 12.3 Å². The summed E-state index contributed by atoms with van der Waals surface area (Å²) in [4.78, 5) is 7.86. The fraction of sp³-hybridized carbons (Fsp3) is 0.600. The van der Waals surface area contributed by atoms with Crippen molar-refractivity contribution in [3.8, 4) is 0 Å². The second-order valence-electron chi connectivity index (χ2n) is 3.58. The van der Waals surface area contributed by atoms with Crippen LogP contribution in [0.4, 0.5) is 5.82 Å². The van der Waals surface area contributed by atoms with Crippen LogP contribution in [0.25, 0.3) is 0 Å². The molecular weight excluding hydrogens is 214 g/mol. The zero-order valence-electron chi connectivity index (χ0n) is 8.45. The molecule has 0 aromatic carbocycles. The first-order chi connectivity index (χ1) is 7.34. The van der Waals surface area contributed by atoms with Gasteiger partial charge in [0.1, 0.15) is 5.82 Å². The molecule has 1 saturated heterocycles. The third kappa shape index (κ3) is 3.32. The second-order valence-corrected chi connectivity index (χ2v) is 3.92. The van der Waals surface area contributed by atoms with Crippen molar-refractivity contribution in [2.45, 2.75) is 25.4 Å². The quantitative estimate of drug-likeness (QED) is 0.804. The Hall–Kier alpha value is -0.870. The van der Waals surface area contributed by atoms with E-state index in [-0.39, 0.29) is 5.28 Å². The highest BCUT2D eigenvalue weighted by Crippen LogP contribution is 2.13. The van der Waals surface area contributed by atoms with Crippen molar-refractivity contribution >= 4 is 17.4 Å². The number of hydrogen-bond donors (Lipinski definition) is 1. The molecule has 0 aliphatic carbocycles. The smallest absolute Gasteiger partial charge is 0.224 e. The second kappa shape index (κ2) is 5.28. The van der Waals surface area contributed by atoms with E-state index < -0.39 is 0 Å². The number of halogens is 1. The average Bonchev–Trinajstić information content (AvgIpc) is 2.28. The lowest BCUT2D eigenvalue weighted by atomic mass is 10.1. The van der Waals surface area contributed by atoms with Crippen LogP contribution in [0.5, 0.6) is 0 Å². The highest BCUT2D eigenvalue weighted by atomic mass is 35.5. The number of rotatable bonds is 3. The van der Waals surface area contributed by atoms with Crippen molar-refractivity contribution in [2.75, 3.05) is 18.5 Å². The highest BCUT2D eigenvalue weighted by molar-refractivity contribution is 6.28. The summed E-state index contributed by atoms with van der Waals surface area (Å²) >= 11 is 5.67. The molecule has 1 aliphatic heterocycles. The van der Waals surface area contributed by atoms with Crippen LogP contribution in [0.15, 0.2) is 12.3 Å². The predicted molar refractivity (Wildman–Crippen MR) is 59.1 cm³/mol. The van der Waals surface area contributed by atoms with E-state index in [9.17, 15) is 0 Å². The number of aromatic nitrogens is 2. The molecule has 82 valence electrons. The van der Waals surface area contributed by atoms with Crippen LogP contribution in [0.2, 0.25) is 5.28 Å². The van der Waals surface area contributed by atoms with Crippen LogP contribution in [-0.4, -0.2) is 29.2 Å². The minimum atomic E-state index is 0.268. The normalized spacial score (nSPS) is 21.3. The third-order valence-electron chi connectivity index (χ3n) is 2.41. The van der Waals surface area contributed by atoms with E-state index in [1.165, 1.54) is 12.8 Å². The lowest BCUT2D eigenvalue weighted by Crippen LogP contribution is -2.27. The van der Waals surface area contributed by atoms with Crippen molar-refractivity contribution in [3.63, 3.8) is 0 Å². The molecule has 1 aliphatic rings. The van der Waals surface area contributed by atoms with Crippen LogP contribution in [0.3, 0.4) is 0 Å². The van der Waals surface area contributed by atoms with Crippen molar-refractivity contribution in [3.05, 3.63) is 17.5 Å². The molecule has 15 heavy (non-hydrogen) atoms. The van der Waals surface area contributed by atoms with E-state index in [2.05, 4.69) is 15.3 Å². The van der Waals surface area contributed by atoms with Gasteiger partial charge in [-0.15, -0.1) is 0 Å². The maximum absolute atomic E-state index is 5.67. The molecule has 1 aromatic heterocycles. The topological polar surface area (TPSA) is 47.0 Å². The first kappa shape index (κ1) is 10.6. The average molecular weight is 228 g/mol. The van der Waals surface area contributed by atoms with E-state index >= 15 is 0 Å². The summed E-state index contributed by atoms with van der Waals surface area (Å²) < 4.78 is 5.59. The molecule has 1 atom stereocenters. The van der Waals surface area contributed by atoms with Crippen LogP contribution in [0, 0.1) is 0 Å². The summed E-state index contributed by atoms with van der Waals surface area (Å²) in [5.74, 6) is 0.754. The molecule has 0 radical (unpaired) electrons. The van der Waals surface area contributed by atoms with Gasteiger partial charge in [-0.25, -0.2) is 9.97 Å². The molecule has 1 N–H and O–H groups in total. The summed E-state index contributed by atoms with van der Waals surface area (Å²) in [7, 11) is 0. The summed E-state index contributed by atoms with van der Waals surface area (Å²) in [6.45, 7) is 1.66. The Kier molecular flexibility index (Phi) is 3.75. The molecule has 0 saturated carbocycles. The van der Waals surface area contributed by atoms with Gasteiger partial charge in [0.05, 0.1) is 6.10 Å². The summed E-state index contributed by atoms with van der Waals surface area (Å²) in [5, 5.41) is 3.46. The lowest BCUT2D eigenvalue weighted by molar-refractivity contribution is 0.0247. The van der Waals surface area contributed by atoms with Gasteiger partial charge in [0.2, 0.25) is 5.28 Å². The lowest BCUT2D eigenvalue weighted by Gasteiger charge is -2.22. The Bertz CT molecular complexity index is 315. The summed E-state index contributed by atoms with van der Waals surface area (Å²) in [5.41, 5.74) is 0. The Morgan fingerprint density at radius 2 is 2.47 bits per heavy atom. The van der Waals surface area contributed by atoms with Gasteiger partial charge >= 0.3 is 0 Å². The Balaban J connectivity index is 1.81. The first-order valence-electron chi connectivity index (χ1n) is 5.18. The SMILES string of the molecule is Clc1nccc(NCC2CCCCO2)n1. The van der Waals surface area contributed by atoms with Crippen LogP contribution in [0.1, 0.15) is 19.3 Å². The molecular formula is C10H14ClN3O. The zero-order chi connectivity index (χ0) is 10.5. The standard InChI is InChI=1S/C10H14ClN3O/c11-10-12-5-4-9(14-10)13-7-8-3-1-2-6-15-8/h4-5,8H,1-3,6-7H2,(H,12,13,14). The third-order valence-corrected chi connectivity index (χ3v) is 2.59. The van der Waals surface area contributed by atoms with E-state index in [0.29, 0.717) is 6.10 Å². The minimum Gasteiger partial charge on any atom is -0.376 e. The van der Waals surface area contributed by atoms with Gasteiger partial charge in [0.25, 0.3) is 0 Å². The molecule has 2 rings (SSSR count). The zero-order valence-corrected chi connectivity index (χ0v) is 9.20. The number of hydrogen-bond acceptors (Lipinski definition) is 4. The van der Waals surface area contributed by atoms with Gasteiger partial charge in [0.15, 0.2) is 0 Å². The molecule has 4 nitrogen and oxygen atoms in total. The minimum absolute atomic E-state index is 0.268. The van der Waals surface area contributed by atoms with Crippen LogP contribution in [-0.2, 0) is 4.74 Å². The fourth-order valence-corrected chi connectivity index (χ4v) is 1.77. The molecule has 2 heterocycles. The van der Waals surface area contributed by atoms with E-state index in [4.69, 9.17) is 16.3 Å². The van der Waals surface area contributed by atoms with Gasteiger partial charge in [-0.05, 0) is 36.9 Å². The summed E-state index contributed by atoms with van der Waals surface area (Å²) in [6, 6.07) is 1.80. The van der Waals surface area contributed by atoms with Gasteiger partial charge in [-0.3, -0.25) is 0 Å². The monoisotopic (exact) mass is 227 g/mol. The largest absolute Gasteiger partial charge is 0.376 e. The fourth-order valence-electron chi connectivity index (χ4n) is 1.62. The molecule has 0 bridgehead atoms. The number of ether oxygens (including phenoxy) is 1. The van der Waals surface area contributed by atoms with Crippen LogP contribution < -0.4 is 5.32 Å². The van der Waals surface area contributed by atoms with Gasteiger partial charge in [-0.2, -0.15) is 0 Å². The van der Waals surface area contributed by atoms with Crippen molar-refractivity contribution in [1.29, 1.82) is 0 Å². The van der Waals surface area contributed by atoms with Gasteiger partial charge in [-0.1, -0.05) is 0 Å². The molecule has 1 aromatic rings.